The van der Waals surface area contributed by atoms with Crippen LogP contribution in [0.3, 0.4) is 0 Å². The fraction of sp³-hybridized carbons (Fsp3) is 0.917. The smallest absolute Gasteiger partial charge is 0.323 e. The molecule has 1 unspecified atom stereocenters. The number of carbonyl (C=O) groups is 1. The van der Waals surface area contributed by atoms with Crippen molar-refractivity contribution in [1.82, 2.24) is 10.2 Å². The van der Waals surface area contributed by atoms with Crippen LogP contribution in [0.1, 0.15) is 39.0 Å². The Morgan fingerprint density at radius 1 is 1.50 bits per heavy atom. The van der Waals surface area contributed by atoms with Crippen molar-refractivity contribution in [3.8, 4) is 0 Å². The molecule has 0 aromatic carbocycles. The Hall–Kier alpha value is -0.610. The van der Waals surface area contributed by atoms with Gasteiger partial charge in [-0.1, -0.05) is 12.8 Å². The zero-order valence-electron chi connectivity index (χ0n) is 10.6. The molecule has 1 rings (SSSR count). The highest BCUT2D eigenvalue weighted by Crippen LogP contribution is 2.23. The summed E-state index contributed by atoms with van der Waals surface area (Å²) in [7, 11) is 3.82. The Labute approximate surface area is 98.0 Å². The molecule has 1 fully saturated rings. The zero-order valence-corrected chi connectivity index (χ0v) is 10.6. The second-order valence-corrected chi connectivity index (χ2v) is 5.06. The average molecular weight is 228 g/mol. The maximum atomic E-state index is 11.1. The van der Waals surface area contributed by atoms with Crippen LogP contribution < -0.4 is 5.32 Å². The first kappa shape index (κ1) is 13.5. The second kappa shape index (κ2) is 5.64. The van der Waals surface area contributed by atoms with Gasteiger partial charge in [0.05, 0.1) is 0 Å². The molecule has 0 aromatic heterocycles. The molecule has 0 radical (unpaired) electrons. The number of nitrogens with zero attached hydrogens (tertiary/aromatic N) is 1. The van der Waals surface area contributed by atoms with E-state index in [1.807, 2.05) is 0 Å². The van der Waals surface area contributed by atoms with E-state index >= 15 is 0 Å². The van der Waals surface area contributed by atoms with Gasteiger partial charge in [-0.25, -0.2) is 0 Å². The quantitative estimate of drug-likeness (QED) is 0.720. The molecule has 2 N–H and O–H groups in total. The Balaban J connectivity index is 2.39. The monoisotopic (exact) mass is 228 g/mol. The third-order valence-electron chi connectivity index (χ3n) is 3.94. The number of aliphatic carboxylic acids is 1. The van der Waals surface area contributed by atoms with Gasteiger partial charge in [0.1, 0.15) is 5.54 Å². The van der Waals surface area contributed by atoms with Crippen molar-refractivity contribution in [2.75, 3.05) is 20.6 Å². The lowest BCUT2D eigenvalue weighted by Crippen LogP contribution is -2.50. The van der Waals surface area contributed by atoms with Crippen LogP contribution in [0.25, 0.3) is 0 Å². The molecule has 0 saturated heterocycles. The zero-order chi connectivity index (χ0) is 12.2. The lowest BCUT2D eigenvalue weighted by molar-refractivity contribution is -0.144. The van der Waals surface area contributed by atoms with Crippen molar-refractivity contribution in [1.29, 1.82) is 0 Å². The van der Waals surface area contributed by atoms with E-state index in [1.54, 1.807) is 14.0 Å². The van der Waals surface area contributed by atoms with E-state index in [2.05, 4.69) is 17.3 Å². The van der Waals surface area contributed by atoms with Crippen LogP contribution in [-0.4, -0.2) is 48.2 Å². The topological polar surface area (TPSA) is 52.6 Å². The van der Waals surface area contributed by atoms with Crippen LogP contribution >= 0.6 is 0 Å². The van der Waals surface area contributed by atoms with Gasteiger partial charge in [0.25, 0.3) is 0 Å². The molecule has 0 amide bonds. The number of hydrogen-bond acceptors (Lipinski definition) is 3. The predicted octanol–water partition coefficient (Wildman–Crippen LogP) is 1.31. The van der Waals surface area contributed by atoms with E-state index in [0.717, 1.165) is 6.54 Å². The minimum atomic E-state index is -0.799. The summed E-state index contributed by atoms with van der Waals surface area (Å²) in [5.74, 6) is -0.769. The standard InChI is InChI=1S/C12H24N2O2/c1-12(13-2,11(15)16)8-9-14(3)10-6-4-5-7-10/h10,13H,4-9H2,1-3H3,(H,15,16). The van der Waals surface area contributed by atoms with Crippen molar-refractivity contribution in [3.63, 3.8) is 0 Å². The van der Waals surface area contributed by atoms with Crippen molar-refractivity contribution in [3.05, 3.63) is 0 Å². The number of carboxylic acid groups (broad SMARTS) is 1. The van der Waals surface area contributed by atoms with Gasteiger partial charge >= 0.3 is 5.97 Å². The summed E-state index contributed by atoms with van der Waals surface area (Å²) in [6, 6.07) is 0.662. The van der Waals surface area contributed by atoms with Crippen LogP contribution in [0, 0.1) is 0 Å². The summed E-state index contributed by atoms with van der Waals surface area (Å²) in [6.07, 6.45) is 5.81. The van der Waals surface area contributed by atoms with Gasteiger partial charge in [-0.3, -0.25) is 4.79 Å². The fourth-order valence-corrected chi connectivity index (χ4v) is 2.27. The third-order valence-corrected chi connectivity index (χ3v) is 3.94. The molecule has 16 heavy (non-hydrogen) atoms. The van der Waals surface area contributed by atoms with Crippen LogP contribution in [0.4, 0.5) is 0 Å². The first-order valence-electron chi connectivity index (χ1n) is 6.12. The average Bonchev–Trinajstić information content (AvgIpc) is 2.78. The van der Waals surface area contributed by atoms with Crippen molar-refractivity contribution < 1.29 is 9.90 Å². The highest BCUT2D eigenvalue weighted by atomic mass is 16.4. The summed E-state index contributed by atoms with van der Waals surface area (Å²) in [5, 5.41) is 12.0. The largest absolute Gasteiger partial charge is 0.480 e. The Morgan fingerprint density at radius 2 is 2.06 bits per heavy atom. The normalized spacial score (nSPS) is 21.2. The lowest BCUT2D eigenvalue weighted by atomic mass is 9.98. The number of likely N-dealkylation sites (N-methyl/N-ethyl adjacent to an activating group) is 1. The molecule has 0 aromatic rings. The fourth-order valence-electron chi connectivity index (χ4n) is 2.27. The van der Waals surface area contributed by atoms with E-state index in [1.165, 1.54) is 25.7 Å². The molecule has 4 heteroatoms. The molecule has 94 valence electrons. The van der Waals surface area contributed by atoms with Gasteiger partial charge in [0.2, 0.25) is 0 Å². The summed E-state index contributed by atoms with van der Waals surface area (Å²) in [6.45, 7) is 2.59. The minimum Gasteiger partial charge on any atom is -0.480 e. The van der Waals surface area contributed by atoms with Crippen LogP contribution in [0.2, 0.25) is 0 Å². The van der Waals surface area contributed by atoms with Crippen molar-refractivity contribution >= 4 is 5.97 Å². The third kappa shape index (κ3) is 3.19. The Kier molecular flexibility index (Phi) is 4.74. The highest BCUT2D eigenvalue weighted by Gasteiger charge is 2.31. The number of rotatable bonds is 6. The molecule has 4 nitrogen and oxygen atoms in total. The van der Waals surface area contributed by atoms with Gasteiger partial charge in [-0.05, 0) is 40.3 Å². The van der Waals surface area contributed by atoms with E-state index < -0.39 is 11.5 Å². The molecule has 1 atom stereocenters. The first-order chi connectivity index (χ1) is 7.49. The lowest BCUT2D eigenvalue weighted by Gasteiger charge is -2.29. The molecule has 0 aliphatic heterocycles. The van der Waals surface area contributed by atoms with Gasteiger partial charge < -0.3 is 15.3 Å². The summed E-state index contributed by atoms with van der Waals surface area (Å²) >= 11 is 0. The number of hydrogen-bond donors (Lipinski definition) is 2. The van der Waals surface area contributed by atoms with Crippen LogP contribution in [0.5, 0.6) is 0 Å². The highest BCUT2D eigenvalue weighted by molar-refractivity contribution is 5.78. The van der Waals surface area contributed by atoms with E-state index in [-0.39, 0.29) is 0 Å². The summed E-state index contributed by atoms with van der Waals surface area (Å²) < 4.78 is 0. The molecular formula is C12H24N2O2. The Bertz CT molecular complexity index is 239. The Morgan fingerprint density at radius 3 is 2.50 bits per heavy atom. The van der Waals surface area contributed by atoms with Crippen LogP contribution in [-0.2, 0) is 4.79 Å². The molecule has 1 aliphatic carbocycles. The van der Waals surface area contributed by atoms with E-state index in [9.17, 15) is 4.79 Å². The minimum absolute atomic E-state index is 0.645. The van der Waals surface area contributed by atoms with Gasteiger partial charge in [-0.2, -0.15) is 0 Å². The predicted molar refractivity (Wildman–Crippen MR) is 64.6 cm³/mol. The molecule has 0 spiro atoms. The maximum Gasteiger partial charge on any atom is 0.323 e. The van der Waals surface area contributed by atoms with Gasteiger partial charge in [0, 0.05) is 12.6 Å². The number of carboxylic acids is 1. The maximum absolute atomic E-state index is 11.1. The van der Waals surface area contributed by atoms with Gasteiger partial charge in [0.15, 0.2) is 0 Å². The second-order valence-electron chi connectivity index (χ2n) is 5.06. The number of nitrogens with one attached hydrogen (secondary N) is 1. The molecule has 1 saturated carbocycles. The van der Waals surface area contributed by atoms with Gasteiger partial charge in [-0.15, -0.1) is 0 Å². The van der Waals surface area contributed by atoms with Crippen molar-refractivity contribution in [2.24, 2.45) is 0 Å². The molecule has 1 aliphatic rings. The van der Waals surface area contributed by atoms with Crippen LogP contribution in [0.15, 0.2) is 0 Å². The van der Waals surface area contributed by atoms with E-state index in [0.29, 0.717) is 12.5 Å². The molecular weight excluding hydrogens is 204 g/mol. The summed E-state index contributed by atoms with van der Waals surface area (Å²) in [5.41, 5.74) is -0.799. The van der Waals surface area contributed by atoms with E-state index in [4.69, 9.17) is 5.11 Å². The summed E-state index contributed by atoms with van der Waals surface area (Å²) in [4.78, 5) is 13.4. The molecule has 0 bridgehead atoms. The SMILES string of the molecule is CNC(C)(CCN(C)C1CCCC1)C(=O)O. The first-order valence-corrected chi connectivity index (χ1v) is 6.12. The van der Waals surface area contributed by atoms with Crippen molar-refractivity contribution in [2.45, 2.75) is 50.6 Å². The molecule has 0 heterocycles.